The van der Waals surface area contributed by atoms with Crippen LogP contribution in [0, 0.1) is 0 Å². The second-order valence-electron chi connectivity index (χ2n) is 5.96. The van der Waals surface area contributed by atoms with Crippen molar-refractivity contribution in [3.05, 3.63) is 87.1 Å². The normalized spacial score (nSPS) is 10.2. The van der Waals surface area contributed by atoms with Crippen LogP contribution in [0.25, 0.3) is 0 Å². The van der Waals surface area contributed by atoms with Crippen molar-refractivity contribution in [3.63, 3.8) is 0 Å². The van der Waals surface area contributed by atoms with Crippen LogP contribution in [0.1, 0.15) is 20.8 Å². The Morgan fingerprint density at radius 2 is 1.59 bits per heavy atom. The van der Waals surface area contributed by atoms with E-state index in [1.807, 2.05) is 17.5 Å². The Balaban J connectivity index is 1.45. The van der Waals surface area contributed by atoms with E-state index in [0.717, 1.165) is 4.88 Å². The predicted octanol–water partition coefficient (Wildman–Crippen LogP) is 4.04. The van der Waals surface area contributed by atoms with Crippen molar-refractivity contribution in [2.45, 2.75) is 6.54 Å². The van der Waals surface area contributed by atoms with Crippen molar-refractivity contribution in [2.24, 2.45) is 0 Å². The van der Waals surface area contributed by atoms with E-state index in [1.54, 1.807) is 48.5 Å². The number of rotatable bonds is 7. The van der Waals surface area contributed by atoms with Gasteiger partial charge < -0.3 is 10.1 Å². The lowest BCUT2D eigenvalue weighted by atomic mass is 10.0. The molecule has 3 aromatic rings. The molecule has 6 nitrogen and oxygen atoms in total. The molecule has 2 aromatic carbocycles. The monoisotopic (exact) mass is 428 g/mol. The molecule has 0 saturated heterocycles. The molecule has 0 aliphatic rings. The van der Waals surface area contributed by atoms with Crippen molar-refractivity contribution < 1.29 is 19.1 Å². The average Bonchev–Trinajstić information content (AvgIpc) is 3.25. The van der Waals surface area contributed by atoms with Crippen LogP contribution in [0.4, 0.5) is 4.79 Å². The summed E-state index contributed by atoms with van der Waals surface area (Å²) in [6, 6.07) is 16.2. The van der Waals surface area contributed by atoms with Crippen LogP contribution in [-0.2, 0) is 11.3 Å². The molecule has 1 aromatic heterocycles. The van der Waals surface area contributed by atoms with Gasteiger partial charge in [0.2, 0.25) is 0 Å². The van der Waals surface area contributed by atoms with Gasteiger partial charge in [-0.2, -0.15) is 0 Å². The maximum absolute atomic E-state index is 12.4. The first kappa shape index (κ1) is 20.6. The Hall–Kier alpha value is -3.16. The molecule has 2 N–H and O–H groups in total. The Morgan fingerprint density at radius 1 is 0.931 bits per heavy atom. The average molecular weight is 429 g/mol. The largest absolute Gasteiger partial charge is 0.484 e. The lowest BCUT2D eigenvalue weighted by Gasteiger charge is -2.08. The van der Waals surface area contributed by atoms with Gasteiger partial charge in [0, 0.05) is 21.0 Å². The van der Waals surface area contributed by atoms with E-state index < -0.39 is 11.9 Å². The molecule has 3 rings (SSSR count). The zero-order valence-corrected chi connectivity index (χ0v) is 16.8. The summed E-state index contributed by atoms with van der Waals surface area (Å²) >= 11 is 7.34. The molecule has 0 bridgehead atoms. The highest BCUT2D eigenvalue weighted by Gasteiger charge is 2.11. The third-order valence-electron chi connectivity index (χ3n) is 3.85. The van der Waals surface area contributed by atoms with Crippen LogP contribution >= 0.6 is 22.9 Å². The number of ether oxygens (including phenoxy) is 1. The van der Waals surface area contributed by atoms with E-state index in [2.05, 4.69) is 10.6 Å². The molecule has 0 aliphatic heterocycles. The van der Waals surface area contributed by atoms with Crippen LogP contribution in [0.3, 0.4) is 0 Å². The lowest BCUT2D eigenvalue weighted by molar-refractivity contribution is -0.122. The molecule has 0 atom stereocenters. The van der Waals surface area contributed by atoms with Gasteiger partial charge in [-0.25, -0.2) is 4.79 Å². The first-order chi connectivity index (χ1) is 14.0. The van der Waals surface area contributed by atoms with Crippen LogP contribution < -0.4 is 15.4 Å². The number of hydrogen-bond donors (Lipinski definition) is 2. The zero-order chi connectivity index (χ0) is 20.6. The van der Waals surface area contributed by atoms with E-state index in [9.17, 15) is 14.4 Å². The molecule has 0 spiro atoms. The van der Waals surface area contributed by atoms with Gasteiger partial charge in [-0.05, 0) is 60.0 Å². The van der Waals surface area contributed by atoms with E-state index in [1.165, 1.54) is 11.3 Å². The molecule has 0 unspecified atom stereocenters. The topological polar surface area (TPSA) is 84.5 Å². The number of halogens is 1. The summed E-state index contributed by atoms with van der Waals surface area (Å²) in [7, 11) is 0. The number of nitrogens with one attached hydrogen (secondary N) is 2. The van der Waals surface area contributed by atoms with E-state index >= 15 is 0 Å². The quantitative estimate of drug-likeness (QED) is 0.556. The van der Waals surface area contributed by atoms with Gasteiger partial charge in [-0.1, -0.05) is 17.7 Å². The number of imide groups is 1. The molecule has 1 heterocycles. The van der Waals surface area contributed by atoms with Gasteiger partial charge >= 0.3 is 6.03 Å². The zero-order valence-electron chi connectivity index (χ0n) is 15.2. The SMILES string of the molecule is O=C(COc1ccc(C(=O)c2ccc(Cl)cc2)cc1)NC(=O)NCc1cccs1. The third kappa shape index (κ3) is 6.17. The Labute approximate surface area is 176 Å². The molecule has 3 amide bonds. The van der Waals surface area contributed by atoms with Crippen molar-refractivity contribution in [1.82, 2.24) is 10.6 Å². The Morgan fingerprint density at radius 3 is 2.21 bits per heavy atom. The van der Waals surface area contributed by atoms with Gasteiger partial charge in [-0.15, -0.1) is 11.3 Å². The van der Waals surface area contributed by atoms with Gasteiger partial charge in [0.05, 0.1) is 6.54 Å². The highest BCUT2D eigenvalue weighted by molar-refractivity contribution is 7.09. The second-order valence-corrected chi connectivity index (χ2v) is 7.43. The standard InChI is InChI=1S/C21H17ClN2O4S/c22-16-7-3-14(4-8-16)20(26)15-5-9-17(10-6-15)28-13-19(25)24-21(27)23-12-18-2-1-11-29-18/h1-11H,12-13H2,(H2,23,24,25,27). The molecule has 0 radical (unpaired) electrons. The van der Waals surface area contributed by atoms with E-state index in [-0.39, 0.29) is 12.4 Å². The minimum atomic E-state index is -0.587. The number of thiophene rings is 1. The van der Waals surface area contributed by atoms with Crippen molar-refractivity contribution >= 4 is 40.7 Å². The summed E-state index contributed by atoms with van der Waals surface area (Å²) in [5.41, 5.74) is 1.01. The number of amides is 3. The lowest BCUT2D eigenvalue weighted by Crippen LogP contribution is -2.41. The van der Waals surface area contributed by atoms with Crippen LogP contribution in [0.2, 0.25) is 5.02 Å². The maximum Gasteiger partial charge on any atom is 0.321 e. The highest BCUT2D eigenvalue weighted by Crippen LogP contribution is 2.17. The van der Waals surface area contributed by atoms with Crippen LogP contribution in [0.5, 0.6) is 5.75 Å². The second kappa shape index (κ2) is 9.86. The minimum absolute atomic E-state index is 0.145. The summed E-state index contributed by atoms with van der Waals surface area (Å²) in [4.78, 5) is 36.9. The van der Waals surface area contributed by atoms with E-state index in [0.29, 0.717) is 28.4 Å². The first-order valence-electron chi connectivity index (χ1n) is 8.64. The molecule has 8 heteroatoms. The maximum atomic E-state index is 12.4. The number of carbonyl (C=O) groups excluding carboxylic acids is 3. The van der Waals surface area contributed by atoms with Gasteiger partial charge in [0.15, 0.2) is 12.4 Å². The first-order valence-corrected chi connectivity index (χ1v) is 9.90. The molecular weight excluding hydrogens is 412 g/mol. The fourth-order valence-electron chi connectivity index (χ4n) is 2.41. The van der Waals surface area contributed by atoms with Gasteiger partial charge in [0.1, 0.15) is 5.75 Å². The van der Waals surface area contributed by atoms with Gasteiger partial charge in [0.25, 0.3) is 5.91 Å². The van der Waals surface area contributed by atoms with Gasteiger partial charge in [-0.3, -0.25) is 14.9 Å². The van der Waals surface area contributed by atoms with E-state index in [4.69, 9.17) is 16.3 Å². The number of urea groups is 1. The number of benzene rings is 2. The molecule has 148 valence electrons. The molecule has 0 fully saturated rings. The predicted molar refractivity (Wildman–Crippen MR) is 112 cm³/mol. The smallest absolute Gasteiger partial charge is 0.321 e. The number of carbonyl (C=O) groups is 3. The van der Waals surface area contributed by atoms with Crippen LogP contribution in [0.15, 0.2) is 66.0 Å². The summed E-state index contributed by atoms with van der Waals surface area (Å²) < 4.78 is 5.36. The summed E-state index contributed by atoms with van der Waals surface area (Å²) in [6.07, 6.45) is 0. The fourth-order valence-corrected chi connectivity index (χ4v) is 3.18. The number of ketones is 1. The fraction of sp³-hybridized carbons (Fsp3) is 0.0952. The summed E-state index contributed by atoms with van der Waals surface area (Å²) in [5, 5.41) is 7.25. The molecule has 29 heavy (non-hydrogen) atoms. The Bertz CT molecular complexity index is 987. The Kier molecular flexibility index (Phi) is 6.99. The van der Waals surface area contributed by atoms with Crippen molar-refractivity contribution in [2.75, 3.05) is 6.61 Å². The minimum Gasteiger partial charge on any atom is -0.484 e. The molecule has 0 saturated carbocycles. The third-order valence-corrected chi connectivity index (χ3v) is 4.98. The highest BCUT2D eigenvalue weighted by atomic mass is 35.5. The summed E-state index contributed by atoms with van der Waals surface area (Å²) in [6.45, 7) is 0.0254. The van der Waals surface area contributed by atoms with Crippen molar-refractivity contribution in [3.8, 4) is 5.75 Å². The van der Waals surface area contributed by atoms with Crippen LogP contribution in [-0.4, -0.2) is 24.3 Å². The summed E-state index contributed by atoms with van der Waals surface area (Å²) in [5.74, 6) is -0.310. The van der Waals surface area contributed by atoms with Crippen molar-refractivity contribution in [1.29, 1.82) is 0 Å². The molecular formula is C21H17ClN2O4S. The molecule has 0 aliphatic carbocycles. The number of hydrogen-bond acceptors (Lipinski definition) is 5.